The molecule has 19 heavy (non-hydrogen) atoms. The predicted octanol–water partition coefficient (Wildman–Crippen LogP) is 3.68. The minimum absolute atomic E-state index is 0.0501. The van der Waals surface area contributed by atoms with Crippen LogP contribution in [0.5, 0.6) is 0 Å². The standard InChI is InChI=1S/C14H21N3O2/c1-3-14(6-4-5-7-14)10-16-13-11(2)8-12(9-15-13)17(18)19/h8-9H,3-7,10H2,1-2H3,(H,15,16). The summed E-state index contributed by atoms with van der Waals surface area (Å²) in [5, 5.41) is 14.1. The summed E-state index contributed by atoms with van der Waals surface area (Å²) >= 11 is 0. The zero-order chi connectivity index (χ0) is 13.9. The molecule has 5 heteroatoms. The van der Waals surface area contributed by atoms with Gasteiger partial charge in [0.25, 0.3) is 5.69 Å². The first-order chi connectivity index (χ1) is 9.06. The van der Waals surface area contributed by atoms with Gasteiger partial charge in [0.05, 0.1) is 4.92 Å². The summed E-state index contributed by atoms with van der Waals surface area (Å²) in [5.74, 6) is 0.769. The number of aryl methyl sites for hydroxylation is 1. The van der Waals surface area contributed by atoms with Crippen LogP contribution >= 0.6 is 0 Å². The maximum absolute atomic E-state index is 10.7. The summed E-state index contributed by atoms with van der Waals surface area (Å²) in [6.07, 6.45) is 7.64. The smallest absolute Gasteiger partial charge is 0.287 e. The Bertz CT molecular complexity index is 468. The van der Waals surface area contributed by atoms with E-state index in [9.17, 15) is 10.1 Å². The molecule has 5 nitrogen and oxygen atoms in total. The molecule has 1 fully saturated rings. The Morgan fingerprint density at radius 2 is 2.16 bits per heavy atom. The molecule has 0 amide bonds. The Balaban J connectivity index is 2.05. The van der Waals surface area contributed by atoms with E-state index in [1.54, 1.807) is 6.07 Å². The highest BCUT2D eigenvalue weighted by Crippen LogP contribution is 2.41. The molecule has 0 bridgehead atoms. The number of nitro groups is 1. The quantitative estimate of drug-likeness (QED) is 0.650. The van der Waals surface area contributed by atoms with Crippen molar-refractivity contribution in [3.05, 3.63) is 27.9 Å². The molecule has 2 rings (SSSR count). The zero-order valence-electron chi connectivity index (χ0n) is 11.6. The molecular weight excluding hydrogens is 242 g/mol. The normalized spacial score (nSPS) is 17.4. The highest BCUT2D eigenvalue weighted by atomic mass is 16.6. The summed E-state index contributed by atoms with van der Waals surface area (Å²) in [7, 11) is 0. The van der Waals surface area contributed by atoms with Crippen molar-refractivity contribution < 1.29 is 4.92 Å². The second-order valence-electron chi connectivity index (χ2n) is 5.53. The van der Waals surface area contributed by atoms with Crippen LogP contribution in [0.1, 0.15) is 44.6 Å². The lowest BCUT2D eigenvalue weighted by Gasteiger charge is -2.28. The van der Waals surface area contributed by atoms with Crippen LogP contribution in [0.3, 0.4) is 0 Å². The fraction of sp³-hybridized carbons (Fsp3) is 0.643. The molecule has 1 aromatic heterocycles. The summed E-state index contributed by atoms with van der Waals surface area (Å²) < 4.78 is 0. The highest BCUT2D eigenvalue weighted by molar-refractivity contribution is 5.48. The molecule has 0 aliphatic heterocycles. The van der Waals surface area contributed by atoms with Gasteiger partial charge in [0.2, 0.25) is 0 Å². The molecule has 0 aromatic carbocycles. The van der Waals surface area contributed by atoms with Crippen LogP contribution in [0.15, 0.2) is 12.3 Å². The van der Waals surface area contributed by atoms with Gasteiger partial charge in [-0.15, -0.1) is 0 Å². The number of hydrogen-bond acceptors (Lipinski definition) is 4. The third kappa shape index (κ3) is 3.03. The van der Waals surface area contributed by atoms with Crippen molar-refractivity contribution in [1.29, 1.82) is 0 Å². The molecule has 0 saturated heterocycles. The SMILES string of the molecule is CCC1(CNc2ncc([N+](=O)[O-])cc2C)CCCC1. The van der Waals surface area contributed by atoms with Crippen molar-refractivity contribution in [3.8, 4) is 0 Å². The minimum Gasteiger partial charge on any atom is -0.369 e. The Morgan fingerprint density at radius 1 is 1.47 bits per heavy atom. The molecule has 1 saturated carbocycles. The summed E-state index contributed by atoms with van der Waals surface area (Å²) in [4.78, 5) is 14.4. The van der Waals surface area contributed by atoms with E-state index >= 15 is 0 Å². The van der Waals surface area contributed by atoms with Gasteiger partial charge in [0, 0.05) is 12.6 Å². The van der Waals surface area contributed by atoms with Crippen LogP contribution in [0.2, 0.25) is 0 Å². The second-order valence-corrected chi connectivity index (χ2v) is 5.53. The molecule has 0 spiro atoms. The van der Waals surface area contributed by atoms with E-state index in [1.807, 2.05) is 6.92 Å². The molecule has 0 atom stereocenters. The third-order valence-electron chi connectivity index (χ3n) is 4.32. The summed E-state index contributed by atoms with van der Waals surface area (Å²) in [6, 6.07) is 1.57. The van der Waals surface area contributed by atoms with Gasteiger partial charge in [-0.25, -0.2) is 4.98 Å². The van der Waals surface area contributed by atoms with Crippen molar-refractivity contribution in [2.24, 2.45) is 5.41 Å². The number of rotatable bonds is 5. The number of hydrogen-bond donors (Lipinski definition) is 1. The first-order valence-corrected chi connectivity index (χ1v) is 6.91. The van der Waals surface area contributed by atoms with Crippen molar-refractivity contribution in [3.63, 3.8) is 0 Å². The monoisotopic (exact) mass is 263 g/mol. The lowest BCUT2D eigenvalue weighted by atomic mass is 9.83. The largest absolute Gasteiger partial charge is 0.369 e. The summed E-state index contributed by atoms with van der Waals surface area (Å²) in [5.41, 5.74) is 1.27. The third-order valence-corrected chi connectivity index (χ3v) is 4.32. The van der Waals surface area contributed by atoms with Crippen molar-refractivity contribution in [2.75, 3.05) is 11.9 Å². The fourth-order valence-electron chi connectivity index (χ4n) is 2.90. The number of nitrogens with zero attached hydrogens (tertiary/aromatic N) is 2. The van der Waals surface area contributed by atoms with Crippen molar-refractivity contribution in [2.45, 2.75) is 46.0 Å². The van der Waals surface area contributed by atoms with E-state index < -0.39 is 4.92 Å². The molecule has 0 unspecified atom stereocenters. The van der Waals surface area contributed by atoms with Crippen LogP contribution in [-0.2, 0) is 0 Å². The molecule has 0 radical (unpaired) electrons. The van der Waals surface area contributed by atoms with Crippen LogP contribution in [0.25, 0.3) is 0 Å². The Hall–Kier alpha value is -1.65. The maximum Gasteiger partial charge on any atom is 0.287 e. The molecule has 1 N–H and O–H groups in total. The van der Waals surface area contributed by atoms with Crippen LogP contribution in [0.4, 0.5) is 11.5 Å². The lowest BCUT2D eigenvalue weighted by molar-refractivity contribution is -0.385. The fourth-order valence-corrected chi connectivity index (χ4v) is 2.90. The number of pyridine rings is 1. The van der Waals surface area contributed by atoms with E-state index in [1.165, 1.54) is 38.3 Å². The van der Waals surface area contributed by atoms with Crippen molar-refractivity contribution >= 4 is 11.5 Å². The van der Waals surface area contributed by atoms with Gasteiger partial charge in [-0.2, -0.15) is 0 Å². The van der Waals surface area contributed by atoms with E-state index in [2.05, 4.69) is 17.2 Å². The predicted molar refractivity (Wildman–Crippen MR) is 75.3 cm³/mol. The average molecular weight is 263 g/mol. The van der Waals surface area contributed by atoms with Gasteiger partial charge in [0.15, 0.2) is 0 Å². The Kier molecular flexibility index (Phi) is 4.02. The highest BCUT2D eigenvalue weighted by Gasteiger charge is 2.31. The van der Waals surface area contributed by atoms with E-state index in [0.717, 1.165) is 17.9 Å². The maximum atomic E-state index is 10.7. The molecule has 1 aliphatic carbocycles. The zero-order valence-corrected chi connectivity index (χ0v) is 11.6. The molecule has 1 aliphatic rings. The van der Waals surface area contributed by atoms with Crippen LogP contribution < -0.4 is 5.32 Å². The van der Waals surface area contributed by atoms with Gasteiger partial charge in [-0.3, -0.25) is 10.1 Å². The topological polar surface area (TPSA) is 68.1 Å². The van der Waals surface area contributed by atoms with E-state index in [4.69, 9.17) is 0 Å². The second kappa shape index (κ2) is 5.55. The first kappa shape index (κ1) is 13.8. The Labute approximate surface area is 113 Å². The molecule has 104 valence electrons. The number of anilines is 1. The Morgan fingerprint density at radius 3 is 2.68 bits per heavy atom. The average Bonchev–Trinajstić information content (AvgIpc) is 2.86. The first-order valence-electron chi connectivity index (χ1n) is 6.91. The van der Waals surface area contributed by atoms with E-state index in [-0.39, 0.29) is 5.69 Å². The van der Waals surface area contributed by atoms with Crippen LogP contribution in [0, 0.1) is 22.5 Å². The van der Waals surface area contributed by atoms with Gasteiger partial charge >= 0.3 is 0 Å². The number of nitrogens with one attached hydrogen (secondary N) is 1. The lowest BCUT2D eigenvalue weighted by Crippen LogP contribution is -2.26. The minimum atomic E-state index is -0.408. The van der Waals surface area contributed by atoms with E-state index in [0.29, 0.717) is 5.41 Å². The van der Waals surface area contributed by atoms with Crippen molar-refractivity contribution in [1.82, 2.24) is 4.98 Å². The van der Waals surface area contributed by atoms with Gasteiger partial charge in [-0.05, 0) is 37.2 Å². The number of aromatic nitrogens is 1. The van der Waals surface area contributed by atoms with Gasteiger partial charge in [0.1, 0.15) is 12.0 Å². The molecular formula is C14H21N3O2. The van der Waals surface area contributed by atoms with Gasteiger partial charge < -0.3 is 5.32 Å². The summed E-state index contributed by atoms with van der Waals surface area (Å²) in [6.45, 7) is 5.01. The van der Waals surface area contributed by atoms with Crippen LogP contribution in [-0.4, -0.2) is 16.5 Å². The molecule has 1 heterocycles. The van der Waals surface area contributed by atoms with Gasteiger partial charge in [-0.1, -0.05) is 19.8 Å². The molecule has 1 aromatic rings.